The van der Waals surface area contributed by atoms with E-state index >= 15 is 0 Å². The number of benzene rings is 2. The lowest BCUT2D eigenvalue weighted by atomic mass is 9.97. The number of aliphatic hydroxyl groups excluding tert-OH is 1. The number of rotatable bonds is 5. The summed E-state index contributed by atoms with van der Waals surface area (Å²) in [5.74, 6) is -0.411. The molecule has 15 heteroatoms. The summed E-state index contributed by atoms with van der Waals surface area (Å²) in [6.45, 7) is 15.8. The van der Waals surface area contributed by atoms with E-state index in [1.165, 1.54) is 0 Å². The van der Waals surface area contributed by atoms with Crippen LogP contribution in [0.5, 0.6) is 0 Å². The maximum absolute atomic E-state index is 12.6. The fraction of sp³-hybridized carbons (Fsp3) is 0.541. The highest BCUT2D eigenvalue weighted by Gasteiger charge is 2.43. The average Bonchev–Trinajstić information content (AvgIpc) is 3.66. The molecule has 4 rings (SSSR count). The van der Waals surface area contributed by atoms with Crippen LogP contribution >= 0.6 is 0 Å². The average molecular weight is 729 g/mol. The Hall–Kier alpha value is -5.05. The number of hydrazine groups is 2. The topological polar surface area (TPSA) is 165 Å². The van der Waals surface area contributed by atoms with E-state index in [0.29, 0.717) is 0 Å². The van der Waals surface area contributed by atoms with Gasteiger partial charge in [-0.3, -0.25) is 4.79 Å². The van der Waals surface area contributed by atoms with Crippen molar-refractivity contribution in [3.05, 3.63) is 71.8 Å². The van der Waals surface area contributed by atoms with Crippen LogP contribution in [-0.4, -0.2) is 105 Å². The van der Waals surface area contributed by atoms with E-state index in [9.17, 15) is 29.1 Å². The highest BCUT2D eigenvalue weighted by molar-refractivity contribution is 5.77. The fourth-order valence-corrected chi connectivity index (χ4v) is 4.61. The van der Waals surface area contributed by atoms with Gasteiger partial charge in [-0.15, -0.1) is 0 Å². The van der Waals surface area contributed by atoms with Crippen molar-refractivity contribution in [3.63, 3.8) is 0 Å². The quantitative estimate of drug-likeness (QED) is 0.288. The second-order valence-corrected chi connectivity index (χ2v) is 15.3. The minimum absolute atomic E-state index is 0.00461. The number of β-amino-alcohol motifs (C(OH)–C–C–N with tert-alkyl or cyclic N) is 1. The Morgan fingerprint density at radius 2 is 0.923 bits per heavy atom. The molecular weight excluding hydrogens is 676 g/mol. The van der Waals surface area contributed by atoms with Crippen molar-refractivity contribution in [1.82, 2.24) is 20.0 Å². The van der Waals surface area contributed by atoms with Crippen LogP contribution in [0.25, 0.3) is 0 Å². The first-order chi connectivity index (χ1) is 24.1. The largest absolute Gasteiger partial charge is 0.458 e. The molecule has 2 aromatic carbocycles. The summed E-state index contributed by atoms with van der Waals surface area (Å²) in [7, 11) is 0. The molecule has 15 nitrogen and oxygen atoms in total. The SMILES string of the molecule is CC(C)(C)OC(=O)N1CC(O)CN1C(=O)OCc1ccccc1.CC(C)(C)OC(=O)N1CC(OC(=O)C(C)(C)C)CN1C(=O)OCc1ccccc1. The highest BCUT2D eigenvalue weighted by Crippen LogP contribution is 2.24. The molecule has 0 bridgehead atoms. The van der Waals surface area contributed by atoms with Crippen molar-refractivity contribution >= 4 is 30.3 Å². The van der Waals surface area contributed by atoms with Crippen LogP contribution < -0.4 is 0 Å². The lowest BCUT2D eigenvalue weighted by Gasteiger charge is -2.29. The monoisotopic (exact) mass is 728 g/mol. The maximum Gasteiger partial charge on any atom is 0.429 e. The van der Waals surface area contributed by atoms with Crippen molar-refractivity contribution < 1.29 is 52.8 Å². The molecule has 2 saturated heterocycles. The zero-order chi connectivity index (χ0) is 38.9. The van der Waals surface area contributed by atoms with E-state index in [-0.39, 0.29) is 39.4 Å². The normalized spacial score (nSPS) is 17.5. The van der Waals surface area contributed by atoms with Crippen LogP contribution in [0.1, 0.15) is 73.4 Å². The van der Waals surface area contributed by atoms with Gasteiger partial charge in [-0.05, 0) is 73.4 Å². The smallest absolute Gasteiger partial charge is 0.429 e. The molecule has 2 atom stereocenters. The van der Waals surface area contributed by atoms with Gasteiger partial charge in [0.1, 0.15) is 30.5 Å². The summed E-state index contributed by atoms with van der Waals surface area (Å²) in [6.07, 6.45) is -4.30. The number of aliphatic hydroxyl groups is 1. The lowest BCUT2D eigenvalue weighted by molar-refractivity contribution is -0.157. The standard InChI is InChI=1S/C21H30N2O6.C16H22N2O5/c1-20(2,3)17(24)28-16-12-22(23(13-16)19(26)29-21(4,5)6)18(25)27-14-15-10-8-7-9-11-15;1-16(2,3)23-15(21)18-10-13(19)9-17(18)14(20)22-11-12-7-5-4-6-8-12/h7-11,16H,12-14H2,1-6H3;4-8,13,19H,9-11H2,1-3H3. The number of hydrogen-bond donors (Lipinski definition) is 1. The Bertz CT molecular complexity index is 1520. The van der Waals surface area contributed by atoms with E-state index in [0.717, 1.165) is 31.2 Å². The zero-order valence-corrected chi connectivity index (χ0v) is 31.5. The molecule has 2 fully saturated rings. The number of carbonyl (C=O) groups is 5. The van der Waals surface area contributed by atoms with Crippen LogP contribution in [0.15, 0.2) is 60.7 Å². The van der Waals surface area contributed by atoms with Gasteiger partial charge in [-0.2, -0.15) is 0 Å². The molecular formula is C37H52N4O11. The number of nitrogens with zero attached hydrogens (tertiary/aromatic N) is 4. The molecule has 0 spiro atoms. The molecule has 286 valence electrons. The maximum atomic E-state index is 12.6. The van der Waals surface area contributed by atoms with Gasteiger partial charge >= 0.3 is 30.3 Å². The molecule has 0 aliphatic carbocycles. The first-order valence-electron chi connectivity index (χ1n) is 17.0. The molecule has 0 radical (unpaired) electrons. The number of amides is 4. The second-order valence-electron chi connectivity index (χ2n) is 15.3. The Kier molecular flexibility index (Phi) is 13.9. The van der Waals surface area contributed by atoms with E-state index in [1.807, 2.05) is 60.7 Å². The van der Waals surface area contributed by atoms with Gasteiger partial charge in [-0.1, -0.05) is 60.7 Å². The van der Waals surface area contributed by atoms with Crippen molar-refractivity contribution in [3.8, 4) is 0 Å². The molecule has 52 heavy (non-hydrogen) atoms. The summed E-state index contributed by atoms with van der Waals surface area (Å²) in [4.78, 5) is 61.8. The molecule has 0 saturated carbocycles. The molecule has 2 unspecified atom stereocenters. The third-order valence-corrected chi connectivity index (χ3v) is 7.03. The Morgan fingerprint density at radius 1 is 0.577 bits per heavy atom. The van der Waals surface area contributed by atoms with Crippen molar-refractivity contribution in [2.45, 2.75) is 98.9 Å². The van der Waals surface area contributed by atoms with Crippen molar-refractivity contribution in [2.24, 2.45) is 5.41 Å². The van der Waals surface area contributed by atoms with Gasteiger partial charge < -0.3 is 28.8 Å². The summed E-state index contributed by atoms with van der Waals surface area (Å²) < 4.78 is 26.7. The molecule has 0 aromatic heterocycles. The summed E-state index contributed by atoms with van der Waals surface area (Å²) >= 11 is 0. The van der Waals surface area contributed by atoms with Gasteiger partial charge in [0.2, 0.25) is 0 Å². The number of carbonyl (C=O) groups excluding carboxylic acids is 5. The van der Waals surface area contributed by atoms with Gasteiger partial charge in [0.15, 0.2) is 0 Å². The first-order valence-corrected chi connectivity index (χ1v) is 17.0. The molecule has 2 aliphatic rings. The van der Waals surface area contributed by atoms with E-state index < -0.39 is 59.2 Å². The summed E-state index contributed by atoms with van der Waals surface area (Å²) in [5, 5.41) is 14.1. The molecule has 4 amide bonds. The third-order valence-electron chi connectivity index (χ3n) is 7.03. The minimum Gasteiger partial charge on any atom is -0.458 e. The van der Waals surface area contributed by atoms with Crippen LogP contribution in [0.4, 0.5) is 19.2 Å². The third kappa shape index (κ3) is 13.2. The minimum atomic E-state index is -0.827. The lowest BCUT2D eigenvalue weighted by Crippen LogP contribution is -2.47. The van der Waals surface area contributed by atoms with E-state index in [2.05, 4.69) is 0 Å². The molecule has 2 aromatic rings. The van der Waals surface area contributed by atoms with Crippen LogP contribution in [0.3, 0.4) is 0 Å². The number of hydrogen-bond acceptors (Lipinski definition) is 11. The molecule has 2 heterocycles. The Labute approximate surface area is 305 Å². The highest BCUT2D eigenvalue weighted by atomic mass is 16.6. The van der Waals surface area contributed by atoms with Crippen LogP contribution in [-0.2, 0) is 41.7 Å². The number of ether oxygens (including phenoxy) is 5. The van der Waals surface area contributed by atoms with Crippen molar-refractivity contribution in [1.29, 1.82) is 0 Å². The van der Waals surface area contributed by atoms with Gasteiger partial charge in [-0.25, -0.2) is 39.2 Å². The predicted octanol–water partition coefficient (Wildman–Crippen LogP) is 5.90. The van der Waals surface area contributed by atoms with Crippen LogP contribution in [0, 0.1) is 5.41 Å². The van der Waals surface area contributed by atoms with Gasteiger partial charge in [0.25, 0.3) is 0 Å². The Morgan fingerprint density at radius 3 is 1.29 bits per heavy atom. The van der Waals surface area contributed by atoms with E-state index in [1.54, 1.807) is 62.3 Å². The van der Waals surface area contributed by atoms with Gasteiger partial charge in [0, 0.05) is 0 Å². The summed E-state index contributed by atoms with van der Waals surface area (Å²) in [6, 6.07) is 18.4. The zero-order valence-electron chi connectivity index (χ0n) is 31.5. The second kappa shape index (κ2) is 17.4. The Balaban J connectivity index is 0.000000288. The van der Waals surface area contributed by atoms with Crippen molar-refractivity contribution in [2.75, 3.05) is 26.2 Å². The number of esters is 1. The predicted molar refractivity (Wildman–Crippen MR) is 188 cm³/mol. The van der Waals surface area contributed by atoms with Gasteiger partial charge in [0.05, 0.1) is 37.7 Å². The molecule has 2 aliphatic heterocycles. The van der Waals surface area contributed by atoms with Crippen LogP contribution in [0.2, 0.25) is 0 Å². The van der Waals surface area contributed by atoms with E-state index in [4.69, 9.17) is 23.7 Å². The fourth-order valence-electron chi connectivity index (χ4n) is 4.61. The molecule has 1 N–H and O–H groups in total. The summed E-state index contributed by atoms with van der Waals surface area (Å²) in [5.41, 5.74) is -0.469. The first kappa shape index (κ1) is 41.4.